The number of sulfonamides is 1. The van der Waals surface area contributed by atoms with Gasteiger partial charge in [0.1, 0.15) is 4.21 Å². The van der Waals surface area contributed by atoms with Crippen LogP contribution < -0.4 is 5.32 Å². The summed E-state index contributed by atoms with van der Waals surface area (Å²) < 4.78 is 27.4. The van der Waals surface area contributed by atoms with E-state index in [9.17, 15) is 18.3 Å². The zero-order valence-corrected chi connectivity index (χ0v) is 22.4. The Morgan fingerprint density at radius 2 is 2.03 bits per heavy atom. The molecule has 2 aromatic heterocycles. The van der Waals surface area contributed by atoms with Gasteiger partial charge in [0.15, 0.2) is 0 Å². The van der Waals surface area contributed by atoms with Gasteiger partial charge in [-0.3, -0.25) is 4.79 Å². The fraction of sp³-hybridized carbons (Fsp3) is 0.591. The number of halogens is 1. The molecule has 2 aromatic rings. The Morgan fingerprint density at radius 1 is 1.30 bits per heavy atom. The minimum absolute atomic E-state index is 0.00230. The van der Waals surface area contributed by atoms with Crippen LogP contribution in [0.15, 0.2) is 27.1 Å². The topological polar surface area (TPSA) is 107 Å². The molecule has 0 spiro atoms. The van der Waals surface area contributed by atoms with Gasteiger partial charge in [0, 0.05) is 32.1 Å². The number of aliphatic hydroxyl groups is 1. The number of hydrogen-bond donors (Lipinski definition) is 3. The van der Waals surface area contributed by atoms with Crippen LogP contribution in [-0.4, -0.2) is 60.7 Å². The summed E-state index contributed by atoms with van der Waals surface area (Å²) in [6.07, 6.45) is 2.88. The lowest BCUT2D eigenvalue weighted by Crippen LogP contribution is -2.46. The summed E-state index contributed by atoms with van der Waals surface area (Å²) in [6.45, 7) is 4.38. The Bertz CT molecular complexity index is 990. The van der Waals surface area contributed by atoms with Crippen LogP contribution in [0.4, 0.5) is 0 Å². The maximum Gasteiger partial charge on any atom is 0.303 e. The van der Waals surface area contributed by atoms with Crippen LogP contribution in [-0.2, 0) is 27.7 Å². The van der Waals surface area contributed by atoms with Crippen LogP contribution in [0.5, 0.6) is 0 Å². The lowest BCUT2D eigenvalue weighted by atomic mass is 9.96. The molecule has 0 aliphatic rings. The van der Waals surface area contributed by atoms with Crippen LogP contribution in [0.3, 0.4) is 0 Å². The lowest BCUT2D eigenvalue weighted by molar-refractivity contribution is -0.137. The van der Waals surface area contributed by atoms with Crippen molar-refractivity contribution in [2.45, 2.75) is 68.2 Å². The van der Waals surface area contributed by atoms with Gasteiger partial charge in [0.05, 0.1) is 10.4 Å². The van der Waals surface area contributed by atoms with Crippen molar-refractivity contribution >= 4 is 50.3 Å². The Balaban J connectivity index is 1.84. The van der Waals surface area contributed by atoms with Crippen molar-refractivity contribution in [3.63, 3.8) is 0 Å². The van der Waals surface area contributed by atoms with Gasteiger partial charge >= 0.3 is 5.97 Å². The van der Waals surface area contributed by atoms with Crippen molar-refractivity contribution in [1.29, 1.82) is 0 Å². The molecule has 186 valence electrons. The average molecular weight is 537 g/mol. The number of aryl methyl sites for hydroxylation is 2. The van der Waals surface area contributed by atoms with E-state index >= 15 is 0 Å². The second-order valence-electron chi connectivity index (χ2n) is 8.80. The number of β-amino-alcohol motifs (C(OH)–C–C–N with tert-alkyl or cyclic N) is 1. The third-order valence-electron chi connectivity index (χ3n) is 5.37. The summed E-state index contributed by atoms with van der Waals surface area (Å²) in [5, 5.41) is 26.8. The van der Waals surface area contributed by atoms with E-state index in [1.165, 1.54) is 18.7 Å². The number of thiophene rings is 2. The standard InChI is InChI=1S/C22H33ClN2O5S3/c1-22(2,10-5-6-16-9-11-31-15-16)24-13-18(26)14-25(3)33(29,30)20-12-17(21(23)32-20)7-4-8-19(27)28/h9,11-12,15,18,24,26H,4-8,10,13-14H2,1-3H3,(H,27,28). The molecule has 0 radical (unpaired) electrons. The Morgan fingerprint density at radius 3 is 2.67 bits per heavy atom. The zero-order chi connectivity index (χ0) is 24.6. The third kappa shape index (κ3) is 9.28. The molecule has 0 aromatic carbocycles. The number of carboxylic acids is 1. The van der Waals surface area contributed by atoms with Gasteiger partial charge in [0.2, 0.25) is 0 Å². The number of nitrogens with one attached hydrogen (secondary N) is 1. The number of aliphatic carboxylic acids is 1. The molecule has 3 N–H and O–H groups in total. The van der Waals surface area contributed by atoms with Crippen molar-refractivity contribution in [1.82, 2.24) is 9.62 Å². The van der Waals surface area contributed by atoms with Crippen molar-refractivity contribution < 1.29 is 23.4 Å². The molecule has 0 aliphatic carbocycles. The Labute approximate surface area is 209 Å². The minimum Gasteiger partial charge on any atom is -0.481 e. The fourth-order valence-electron chi connectivity index (χ4n) is 3.37. The van der Waals surface area contributed by atoms with E-state index < -0.39 is 22.1 Å². The predicted molar refractivity (Wildman–Crippen MR) is 135 cm³/mol. The van der Waals surface area contributed by atoms with Crippen LogP contribution >= 0.6 is 34.3 Å². The first-order valence-corrected chi connectivity index (χ1v) is 14.4. The molecular formula is C22H33ClN2O5S3. The Kier molecular flexibility index (Phi) is 10.8. The highest BCUT2D eigenvalue weighted by atomic mass is 35.5. The van der Waals surface area contributed by atoms with Gasteiger partial charge in [-0.2, -0.15) is 15.6 Å². The first-order chi connectivity index (χ1) is 15.4. The van der Waals surface area contributed by atoms with Crippen molar-refractivity contribution in [3.05, 3.63) is 38.4 Å². The van der Waals surface area contributed by atoms with Crippen LogP contribution in [0.25, 0.3) is 0 Å². The summed E-state index contributed by atoms with van der Waals surface area (Å²) in [5.74, 6) is -0.901. The number of nitrogens with zero attached hydrogens (tertiary/aromatic N) is 1. The highest BCUT2D eigenvalue weighted by molar-refractivity contribution is 7.91. The van der Waals surface area contributed by atoms with Crippen molar-refractivity contribution in [3.8, 4) is 0 Å². The molecule has 1 unspecified atom stereocenters. The highest BCUT2D eigenvalue weighted by Gasteiger charge is 2.27. The summed E-state index contributed by atoms with van der Waals surface area (Å²) >= 11 is 8.83. The third-order valence-corrected chi connectivity index (χ3v) is 9.81. The number of carboxylic acid groups (broad SMARTS) is 1. The van der Waals surface area contributed by atoms with Gasteiger partial charge in [-0.1, -0.05) is 11.6 Å². The number of likely N-dealkylation sites (N-methyl/N-ethyl adjacent to an activating group) is 1. The second kappa shape index (κ2) is 12.6. The molecule has 7 nitrogen and oxygen atoms in total. The minimum atomic E-state index is -3.81. The maximum absolute atomic E-state index is 12.9. The smallest absolute Gasteiger partial charge is 0.303 e. The number of rotatable bonds is 15. The van der Waals surface area contributed by atoms with E-state index in [0.717, 1.165) is 34.9 Å². The molecule has 0 bridgehead atoms. The molecule has 11 heteroatoms. The number of carbonyl (C=O) groups is 1. The fourth-order valence-corrected chi connectivity index (χ4v) is 7.30. The molecule has 0 saturated heterocycles. The van der Waals surface area contributed by atoms with E-state index in [-0.39, 0.29) is 29.3 Å². The van der Waals surface area contributed by atoms with Crippen LogP contribution in [0, 0.1) is 0 Å². The average Bonchev–Trinajstić information content (AvgIpc) is 3.36. The van der Waals surface area contributed by atoms with Crippen molar-refractivity contribution in [2.75, 3.05) is 20.1 Å². The maximum atomic E-state index is 12.9. The lowest BCUT2D eigenvalue weighted by Gasteiger charge is -2.29. The SMILES string of the molecule is CN(CC(O)CNC(C)(C)CCCc1ccsc1)S(=O)(=O)c1cc(CCCC(=O)O)c(Cl)s1. The van der Waals surface area contributed by atoms with Gasteiger partial charge < -0.3 is 15.5 Å². The van der Waals surface area contributed by atoms with Gasteiger partial charge in [-0.05, 0) is 80.0 Å². The van der Waals surface area contributed by atoms with E-state index in [2.05, 4.69) is 36.0 Å². The van der Waals surface area contributed by atoms with E-state index in [1.807, 2.05) is 0 Å². The monoisotopic (exact) mass is 536 g/mol. The summed E-state index contributed by atoms with van der Waals surface area (Å²) in [5.41, 5.74) is 1.78. The second-order valence-corrected chi connectivity index (χ2v) is 13.5. The largest absolute Gasteiger partial charge is 0.481 e. The molecule has 0 amide bonds. The first kappa shape index (κ1) is 28.2. The predicted octanol–water partition coefficient (Wildman–Crippen LogP) is 4.24. The van der Waals surface area contributed by atoms with Gasteiger partial charge in [-0.15, -0.1) is 11.3 Å². The van der Waals surface area contributed by atoms with Crippen molar-refractivity contribution in [2.24, 2.45) is 0 Å². The molecule has 33 heavy (non-hydrogen) atoms. The van der Waals surface area contributed by atoms with Gasteiger partial charge in [0.25, 0.3) is 10.0 Å². The van der Waals surface area contributed by atoms with E-state index in [0.29, 0.717) is 22.7 Å². The summed E-state index contributed by atoms with van der Waals surface area (Å²) in [6, 6.07) is 3.63. The molecular weight excluding hydrogens is 504 g/mol. The number of aliphatic hydroxyl groups excluding tert-OH is 1. The van der Waals surface area contributed by atoms with Crippen LogP contribution in [0.1, 0.15) is 50.7 Å². The molecule has 0 fully saturated rings. The molecule has 2 rings (SSSR count). The normalized spacial score (nSPS) is 13.5. The van der Waals surface area contributed by atoms with Gasteiger partial charge in [-0.25, -0.2) is 8.42 Å². The van der Waals surface area contributed by atoms with E-state index in [4.69, 9.17) is 16.7 Å². The summed E-state index contributed by atoms with van der Waals surface area (Å²) in [4.78, 5) is 10.7. The summed E-state index contributed by atoms with van der Waals surface area (Å²) in [7, 11) is -2.37. The molecule has 1 atom stereocenters. The molecule has 0 aliphatic heterocycles. The first-order valence-electron chi connectivity index (χ1n) is 10.8. The molecule has 0 saturated carbocycles. The quantitative estimate of drug-likeness (QED) is 0.314. The highest BCUT2D eigenvalue weighted by Crippen LogP contribution is 2.33. The Hall–Kier alpha value is -1.01. The molecule has 2 heterocycles. The zero-order valence-electron chi connectivity index (χ0n) is 19.2. The van der Waals surface area contributed by atoms with E-state index in [1.54, 1.807) is 11.3 Å². The number of hydrogen-bond acceptors (Lipinski definition) is 7. The van der Waals surface area contributed by atoms with Crippen LogP contribution in [0.2, 0.25) is 4.34 Å².